The van der Waals surface area contributed by atoms with Crippen molar-refractivity contribution in [2.45, 2.75) is 77.6 Å². The summed E-state index contributed by atoms with van der Waals surface area (Å²) in [5, 5.41) is 17.5. The third-order valence-corrected chi connectivity index (χ3v) is 8.94. The van der Waals surface area contributed by atoms with Gasteiger partial charge in [-0.3, -0.25) is 14.2 Å². The zero-order chi connectivity index (χ0) is 34.4. The molecule has 0 atom stereocenters. The molecule has 1 aliphatic heterocycles. The highest BCUT2D eigenvalue weighted by molar-refractivity contribution is 6.14. The van der Waals surface area contributed by atoms with Gasteiger partial charge in [0.1, 0.15) is 23.3 Å². The number of hydrogen-bond donors (Lipinski definition) is 2. The Labute approximate surface area is 284 Å². The van der Waals surface area contributed by atoms with E-state index in [1.54, 1.807) is 9.36 Å². The van der Waals surface area contributed by atoms with Crippen LogP contribution in [-0.2, 0) is 25.4 Å². The molecular weight excluding hydrogens is 622 g/mol. The first kappa shape index (κ1) is 32.3. The monoisotopic (exact) mass is 665 g/mol. The average Bonchev–Trinajstić information content (AvgIpc) is 3.67. The van der Waals surface area contributed by atoms with Crippen molar-refractivity contribution in [1.82, 2.24) is 39.4 Å². The first-order valence-electron chi connectivity index (χ1n) is 16.8. The summed E-state index contributed by atoms with van der Waals surface area (Å²) in [5.41, 5.74) is 4.01. The molecule has 0 unspecified atom stereocenters. The molecule has 3 aromatic heterocycles. The molecule has 4 heterocycles. The summed E-state index contributed by atoms with van der Waals surface area (Å²) >= 11 is 0. The second-order valence-corrected chi connectivity index (χ2v) is 14.1. The molecule has 5 aromatic rings. The predicted octanol–water partition coefficient (Wildman–Crippen LogP) is 5.19. The molecule has 14 nitrogen and oxygen atoms in total. The fourth-order valence-electron chi connectivity index (χ4n) is 6.68. The number of rotatable bonds is 8. The summed E-state index contributed by atoms with van der Waals surface area (Å²) < 4.78 is 9.29. The number of amides is 2. The topological polar surface area (TPSA) is 148 Å². The summed E-state index contributed by atoms with van der Waals surface area (Å²) in [5.74, 6) is 0.842. The zero-order valence-electron chi connectivity index (χ0n) is 28.9. The SMILES string of the molecule is Cc1ncnc(NCc2cc(NC(=O)c3ccc(N4CCC(N(C(=O)OC(C)(C)C)C5CC5)CC4)c4cn(C)nc34)cc3cn(C)nc23)n1. The van der Waals surface area contributed by atoms with E-state index < -0.39 is 5.60 Å². The minimum absolute atomic E-state index is 0.145. The Morgan fingerprint density at radius 3 is 2.39 bits per heavy atom. The lowest BCUT2D eigenvalue weighted by atomic mass is 10.0. The lowest BCUT2D eigenvalue weighted by Crippen LogP contribution is -2.50. The van der Waals surface area contributed by atoms with Gasteiger partial charge in [-0.05, 0) is 77.6 Å². The van der Waals surface area contributed by atoms with Crippen molar-refractivity contribution in [3.63, 3.8) is 0 Å². The first-order chi connectivity index (χ1) is 23.4. The van der Waals surface area contributed by atoms with Crippen LogP contribution < -0.4 is 15.5 Å². The molecule has 14 heteroatoms. The van der Waals surface area contributed by atoms with Crippen LogP contribution >= 0.6 is 0 Å². The van der Waals surface area contributed by atoms with Crippen molar-refractivity contribution in [2.75, 3.05) is 28.6 Å². The van der Waals surface area contributed by atoms with Crippen LogP contribution in [0.25, 0.3) is 21.8 Å². The van der Waals surface area contributed by atoms with Gasteiger partial charge in [-0.25, -0.2) is 14.8 Å². The smallest absolute Gasteiger partial charge is 0.410 e. The number of carbonyl (C=O) groups excluding carboxylic acids is 2. The van der Waals surface area contributed by atoms with Gasteiger partial charge < -0.3 is 25.2 Å². The van der Waals surface area contributed by atoms with E-state index in [1.165, 1.54) is 6.33 Å². The van der Waals surface area contributed by atoms with Gasteiger partial charge in [0.15, 0.2) is 0 Å². The van der Waals surface area contributed by atoms with Crippen LogP contribution in [0.4, 0.5) is 22.1 Å². The van der Waals surface area contributed by atoms with Gasteiger partial charge in [0.2, 0.25) is 5.95 Å². The number of nitrogens with one attached hydrogen (secondary N) is 2. The molecule has 49 heavy (non-hydrogen) atoms. The van der Waals surface area contributed by atoms with E-state index in [9.17, 15) is 9.59 Å². The second kappa shape index (κ2) is 12.6. The Morgan fingerprint density at radius 2 is 1.67 bits per heavy atom. The zero-order valence-corrected chi connectivity index (χ0v) is 28.9. The molecule has 0 bridgehead atoms. The molecule has 2 amide bonds. The Morgan fingerprint density at radius 1 is 0.959 bits per heavy atom. The fourth-order valence-corrected chi connectivity index (χ4v) is 6.68. The number of nitrogens with zero attached hydrogens (tertiary/aromatic N) is 9. The number of anilines is 3. The van der Waals surface area contributed by atoms with Gasteiger partial charge in [0.05, 0.1) is 11.1 Å². The second-order valence-electron chi connectivity index (χ2n) is 14.1. The number of hydrogen-bond acceptors (Lipinski definition) is 10. The van der Waals surface area contributed by atoms with Gasteiger partial charge in [0.25, 0.3) is 5.91 Å². The Balaban J connectivity index is 1.09. The normalized spacial score (nSPS) is 15.5. The van der Waals surface area contributed by atoms with Crippen molar-refractivity contribution >= 4 is 51.1 Å². The number of aromatic nitrogens is 7. The Bertz CT molecular complexity index is 2030. The largest absolute Gasteiger partial charge is 0.444 e. The first-order valence-corrected chi connectivity index (χ1v) is 16.8. The molecule has 2 N–H and O–H groups in total. The molecule has 2 aromatic carbocycles. The molecule has 0 radical (unpaired) electrons. The molecule has 256 valence electrons. The highest BCUT2D eigenvalue weighted by Gasteiger charge is 2.41. The van der Waals surface area contributed by atoms with E-state index in [2.05, 4.69) is 35.6 Å². The maximum atomic E-state index is 13.9. The van der Waals surface area contributed by atoms with Crippen molar-refractivity contribution in [3.05, 3.63) is 59.9 Å². The molecule has 2 aliphatic rings. The lowest BCUT2D eigenvalue weighted by molar-refractivity contribution is 0.0114. The van der Waals surface area contributed by atoms with Crippen LogP contribution in [0.2, 0.25) is 0 Å². The summed E-state index contributed by atoms with van der Waals surface area (Å²) in [6, 6.07) is 8.14. The van der Waals surface area contributed by atoms with Crippen molar-refractivity contribution in [2.24, 2.45) is 14.1 Å². The van der Waals surface area contributed by atoms with Gasteiger partial charge in [-0.2, -0.15) is 15.2 Å². The van der Waals surface area contributed by atoms with Crippen LogP contribution in [0, 0.1) is 6.92 Å². The average molecular weight is 666 g/mol. The minimum Gasteiger partial charge on any atom is -0.444 e. The number of benzene rings is 2. The lowest BCUT2D eigenvalue weighted by Gasteiger charge is -2.40. The van der Waals surface area contributed by atoms with Crippen LogP contribution in [0.15, 0.2) is 43.0 Å². The molecule has 0 spiro atoms. The van der Waals surface area contributed by atoms with Crippen LogP contribution in [-0.4, -0.2) is 82.2 Å². The Hall–Kier alpha value is -5.27. The summed E-state index contributed by atoms with van der Waals surface area (Å²) in [6.45, 7) is 9.54. The van der Waals surface area contributed by atoms with Gasteiger partial charge in [-0.1, -0.05) is 0 Å². The maximum Gasteiger partial charge on any atom is 0.410 e. The standard InChI is InChI=1S/C35H43N11O3/c1-21-37-20-38-33(39-21)36-17-22-15-24(16-23-18-43(5)41-30(22)23)40-32(47)27-9-10-29(28-19-44(6)42-31(27)28)45-13-11-26(12-14-45)46(25-7-8-25)34(48)49-35(2,3)4/h9-10,15-16,18-20,25-26H,7-8,11-14,17H2,1-6H3,(H,40,47)(H,36,37,38,39). The van der Waals surface area contributed by atoms with Crippen molar-refractivity contribution < 1.29 is 14.3 Å². The highest BCUT2D eigenvalue weighted by atomic mass is 16.6. The molecule has 1 saturated heterocycles. The number of piperidine rings is 1. The van der Waals surface area contributed by atoms with Crippen LogP contribution in [0.3, 0.4) is 0 Å². The van der Waals surface area contributed by atoms with E-state index in [-0.39, 0.29) is 24.1 Å². The number of ether oxygens (including phenoxy) is 1. The third kappa shape index (κ3) is 6.99. The quantitative estimate of drug-likeness (QED) is 0.227. The Kier molecular flexibility index (Phi) is 8.33. The minimum atomic E-state index is -0.523. The number of fused-ring (bicyclic) bond motifs is 2. The van der Waals surface area contributed by atoms with Crippen LogP contribution in [0.5, 0.6) is 0 Å². The molecule has 2 fully saturated rings. The number of aryl methyl sites for hydroxylation is 3. The van der Waals surface area contributed by atoms with E-state index in [0.29, 0.717) is 35.1 Å². The van der Waals surface area contributed by atoms with Gasteiger partial charge in [0, 0.05) is 85.9 Å². The molecule has 1 aliphatic carbocycles. The summed E-state index contributed by atoms with van der Waals surface area (Å²) in [6.07, 6.45) is 8.93. The number of carbonyl (C=O) groups is 2. The van der Waals surface area contributed by atoms with Crippen LogP contribution in [0.1, 0.15) is 68.2 Å². The van der Waals surface area contributed by atoms with Crippen molar-refractivity contribution in [1.29, 1.82) is 0 Å². The predicted molar refractivity (Wildman–Crippen MR) is 188 cm³/mol. The summed E-state index contributed by atoms with van der Waals surface area (Å²) in [4.78, 5) is 43.9. The highest BCUT2D eigenvalue weighted by Crippen LogP contribution is 2.36. The summed E-state index contributed by atoms with van der Waals surface area (Å²) in [7, 11) is 3.74. The third-order valence-electron chi connectivity index (χ3n) is 8.94. The van der Waals surface area contributed by atoms with E-state index >= 15 is 0 Å². The van der Waals surface area contributed by atoms with E-state index in [0.717, 1.165) is 66.3 Å². The molecule has 1 saturated carbocycles. The van der Waals surface area contributed by atoms with E-state index in [1.807, 2.05) is 83.3 Å². The maximum absolute atomic E-state index is 13.9. The van der Waals surface area contributed by atoms with Gasteiger partial charge >= 0.3 is 6.09 Å². The van der Waals surface area contributed by atoms with Crippen molar-refractivity contribution in [3.8, 4) is 0 Å². The van der Waals surface area contributed by atoms with Gasteiger partial charge in [-0.15, -0.1) is 0 Å². The fraction of sp³-hybridized carbons (Fsp3) is 0.457. The van der Waals surface area contributed by atoms with E-state index in [4.69, 9.17) is 9.84 Å². The molecule has 7 rings (SSSR count). The molecular formula is C35H43N11O3.